The second kappa shape index (κ2) is 9.54. The van der Waals surface area contributed by atoms with Crippen LogP contribution in [0.1, 0.15) is 37.8 Å². The number of alkyl halides is 3. The van der Waals surface area contributed by atoms with Gasteiger partial charge in [0.1, 0.15) is 11.6 Å². The molecule has 152 valence electrons. The number of halogens is 3. The molecule has 0 spiro atoms. The Hall–Kier alpha value is -2.61. The van der Waals surface area contributed by atoms with Crippen molar-refractivity contribution in [1.82, 2.24) is 4.98 Å². The quantitative estimate of drug-likeness (QED) is 0.519. The van der Waals surface area contributed by atoms with Crippen LogP contribution in [-0.4, -0.2) is 28.8 Å². The molecule has 0 amide bonds. The molecular weight excluding hydrogens is 371 g/mol. The predicted molar refractivity (Wildman–Crippen MR) is 102 cm³/mol. The minimum atomic E-state index is -4.74. The number of nitrogens with zero attached hydrogens (tertiary/aromatic N) is 1. The summed E-state index contributed by atoms with van der Waals surface area (Å²) in [5, 5.41) is 21.1. The number of rotatable bonds is 9. The first-order valence-electron chi connectivity index (χ1n) is 9.09. The predicted octanol–water partition coefficient (Wildman–Crippen LogP) is 5.06. The second-order valence-electron chi connectivity index (χ2n) is 6.29. The van der Waals surface area contributed by atoms with Gasteiger partial charge in [-0.3, -0.25) is 0 Å². The Labute approximate surface area is 162 Å². The SMILES string of the molecule is CCC(CC)C(=N)c1c(CCO)ccnc1Nc1ccc(OC(F)(F)F)cc1. The van der Waals surface area contributed by atoms with Gasteiger partial charge in [-0.1, -0.05) is 13.8 Å². The molecule has 2 rings (SSSR count). The topological polar surface area (TPSA) is 78.2 Å². The van der Waals surface area contributed by atoms with Crippen molar-refractivity contribution in [2.45, 2.75) is 39.5 Å². The first kappa shape index (κ1) is 21.7. The van der Waals surface area contributed by atoms with E-state index in [1.165, 1.54) is 24.3 Å². The van der Waals surface area contributed by atoms with E-state index in [0.29, 0.717) is 29.2 Å². The molecule has 5 nitrogen and oxygen atoms in total. The third-order valence-electron chi connectivity index (χ3n) is 4.43. The summed E-state index contributed by atoms with van der Waals surface area (Å²) in [6.07, 6.45) is -1.18. The van der Waals surface area contributed by atoms with Crippen LogP contribution in [0.2, 0.25) is 0 Å². The van der Waals surface area contributed by atoms with Gasteiger partial charge < -0.3 is 20.6 Å². The van der Waals surface area contributed by atoms with E-state index in [1.54, 1.807) is 12.3 Å². The van der Waals surface area contributed by atoms with Crippen molar-refractivity contribution >= 4 is 17.2 Å². The number of nitrogens with one attached hydrogen (secondary N) is 2. The molecule has 0 aliphatic carbocycles. The summed E-state index contributed by atoms with van der Waals surface area (Å²) in [7, 11) is 0. The maximum Gasteiger partial charge on any atom is 0.573 e. The summed E-state index contributed by atoms with van der Waals surface area (Å²) in [6.45, 7) is 3.96. The zero-order valence-corrected chi connectivity index (χ0v) is 15.8. The summed E-state index contributed by atoms with van der Waals surface area (Å²) < 4.78 is 40.8. The zero-order chi connectivity index (χ0) is 20.7. The number of pyridine rings is 1. The molecule has 1 aromatic heterocycles. The van der Waals surface area contributed by atoms with Crippen molar-refractivity contribution < 1.29 is 23.0 Å². The van der Waals surface area contributed by atoms with E-state index in [9.17, 15) is 18.3 Å². The number of ether oxygens (including phenoxy) is 1. The lowest BCUT2D eigenvalue weighted by Crippen LogP contribution is -2.18. The molecule has 0 bridgehead atoms. The first-order valence-corrected chi connectivity index (χ1v) is 9.09. The highest BCUT2D eigenvalue weighted by atomic mass is 19.4. The monoisotopic (exact) mass is 395 g/mol. The average molecular weight is 395 g/mol. The lowest BCUT2D eigenvalue weighted by Gasteiger charge is -2.20. The van der Waals surface area contributed by atoms with E-state index in [2.05, 4.69) is 15.0 Å². The molecule has 8 heteroatoms. The molecule has 28 heavy (non-hydrogen) atoms. The fourth-order valence-electron chi connectivity index (χ4n) is 3.00. The minimum absolute atomic E-state index is 0.0461. The van der Waals surface area contributed by atoms with Gasteiger partial charge in [-0.2, -0.15) is 0 Å². The molecule has 0 saturated carbocycles. The van der Waals surface area contributed by atoms with Crippen molar-refractivity contribution in [1.29, 1.82) is 5.41 Å². The maximum atomic E-state index is 12.3. The number of aliphatic hydroxyl groups excluding tert-OH is 1. The number of hydrogen-bond donors (Lipinski definition) is 3. The van der Waals surface area contributed by atoms with Crippen LogP contribution in [0.15, 0.2) is 36.5 Å². The van der Waals surface area contributed by atoms with Crippen LogP contribution in [0.25, 0.3) is 0 Å². The second-order valence-corrected chi connectivity index (χ2v) is 6.29. The van der Waals surface area contributed by atoms with Gasteiger partial charge in [-0.15, -0.1) is 13.2 Å². The number of aromatic nitrogens is 1. The summed E-state index contributed by atoms with van der Waals surface area (Å²) in [5.74, 6) is 0.169. The fraction of sp³-hybridized carbons (Fsp3) is 0.400. The zero-order valence-electron chi connectivity index (χ0n) is 15.8. The van der Waals surface area contributed by atoms with Gasteiger partial charge in [0.25, 0.3) is 0 Å². The van der Waals surface area contributed by atoms with Crippen LogP contribution in [0.3, 0.4) is 0 Å². The van der Waals surface area contributed by atoms with Gasteiger partial charge in [0.15, 0.2) is 0 Å². The van der Waals surface area contributed by atoms with Gasteiger partial charge >= 0.3 is 6.36 Å². The Morgan fingerprint density at radius 2 is 1.82 bits per heavy atom. The van der Waals surface area contributed by atoms with E-state index in [4.69, 9.17) is 5.41 Å². The van der Waals surface area contributed by atoms with Crippen LogP contribution in [-0.2, 0) is 6.42 Å². The first-order chi connectivity index (χ1) is 13.3. The Bertz CT molecular complexity index is 788. The molecule has 0 radical (unpaired) electrons. The third kappa shape index (κ3) is 5.69. The van der Waals surface area contributed by atoms with Crippen molar-refractivity contribution in [2.75, 3.05) is 11.9 Å². The number of benzene rings is 1. The Morgan fingerprint density at radius 1 is 1.18 bits per heavy atom. The van der Waals surface area contributed by atoms with Gasteiger partial charge in [0.2, 0.25) is 0 Å². The normalized spacial score (nSPS) is 11.5. The van der Waals surface area contributed by atoms with Gasteiger partial charge in [0.05, 0.1) is 0 Å². The van der Waals surface area contributed by atoms with E-state index in [0.717, 1.165) is 18.4 Å². The van der Waals surface area contributed by atoms with Crippen LogP contribution >= 0.6 is 0 Å². The fourth-order valence-corrected chi connectivity index (χ4v) is 3.00. The van der Waals surface area contributed by atoms with Gasteiger partial charge in [-0.05, 0) is 55.2 Å². The highest BCUT2D eigenvalue weighted by Gasteiger charge is 2.31. The molecular formula is C20H24F3N3O2. The Morgan fingerprint density at radius 3 is 2.36 bits per heavy atom. The lowest BCUT2D eigenvalue weighted by molar-refractivity contribution is -0.274. The summed E-state index contributed by atoms with van der Waals surface area (Å²) >= 11 is 0. The molecule has 0 saturated heterocycles. The van der Waals surface area contributed by atoms with Crippen molar-refractivity contribution in [2.24, 2.45) is 5.92 Å². The molecule has 0 unspecified atom stereocenters. The highest BCUT2D eigenvalue weighted by molar-refractivity contribution is 6.05. The smallest absolute Gasteiger partial charge is 0.406 e. The number of aliphatic hydroxyl groups is 1. The summed E-state index contributed by atoms with van der Waals surface area (Å²) in [6, 6.07) is 7.09. The van der Waals surface area contributed by atoms with E-state index in [-0.39, 0.29) is 18.3 Å². The summed E-state index contributed by atoms with van der Waals surface area (Å²) in [5.41, 5.74) is 2.37. The van der Waals surface area contributed by atoms with Crippen LogP contribution < -0.4 is 10.1 Å². The molecule has 3 N–H and O–H groups in total. The van der Waals surface area contributed by atoms with E-state index < -0.39 is 6.36 Å². The molecule has 1 aromatic carbocycles. The van der Waals surface area contributed by atoms with Crippen molar-refractivity contribution in [3.8, 4) is 5.75 Å². The Kier molecular flexibility index (Phi) is 7.39. The molecule has 0 atom stereocenters. The molecule has 0 aliphatic heterocycles. The van der Waals surface area contributed by atoms with E-state index >= 15 is 0 Å². The third-order valence-corrected chi connectivity index (χ3v) is 4.43. The van der Waals surface area contributed by atoms with Crippen molar-refractivity contribution in [3.05, 3.63) is 47.7 Å². The maximum absolute atomic E-state index is 12.3. The molecule has 0 fully saturated rings. The van der Waals surface area contributed by atoms with Gasteiger partial charge in [0, 0.05) is 35.7 Å². The van der Waals surface area contributed by atoms with Crippen molar-refractivity contribution in [3.63, 3.8) is 0 Å². The number of anilines is 2. The summed E-state index contributed by atoms with van der Waals surface area (Å²) in [4.78, 5) is 4.33. The van der Waals surface area contributed by atoms with Crippen LogP contribution in [0.5, 0.6) is 5.75 Å². The van der Waals surface area contributed by atoms with Gasteiger partial charge in [-0.25, -0.2) is 4.98 Å². The highest BCUT2D eigenvalue weighted by Crippen LogP contribution is 2.29. The molecule has 1 heterocycles. The van der Waals surface area contributed by atoms with E-state index in [1.807, 2.05) is 13.8 Å². The van der Waals surface area contributed by atoms with Crippen LogP contribution in [0.4, 0.5) is 24.7 Å². The Balaban J connectivity index is 2.34. The minimum Gasteiger partial charge on any atom is -0.406 e. The average Bonchev–Trinajstić information content (AvgIpc) is 2.63. The largest absolute Gasteiger partial charge is 0.573 e. The lowest BCUT2D eigenvalue weighted by atomic mass is 9.89. The van der Waals surface area contributed by atoms with Crippen LogP contribution in [0, 0.1) is 11.3 Å². The molecule has 0 aliphatic rings. The standard InChI is InChI=1S/C20H24F3N3O2/c1-3-13(4-2)18(24)17-14(10-12-27)9-11-25-19(17)26-15-5-7-16(8-6-15)28-20(21,22)23/h5-9,11,13,24,27H,3-4,10,12H2,1-2H3,(H,25,26). The number of hydrogen-bond acceptors (Lipinski definition) is 5. The molecule has 2 aromatic rings.